The van der Waals surface area contributed by atoms with Crippen molar-refractivity contribution in [3.05, 3.63) is 64.7 Å². The molecule has 0 aliphatic rings. The third-order valence-corrected chi connectivity index (χ3v) is 4.81. The molecule has 0 saturated carbocycles. The fourth-order valence-electron chi connectivity index (χ4n) is 2.97. The van der Waals surface area contributed by atoms with Gasteiger partial charge in [0, 0.05) is 23.9 Å². The fourth-order valence-corrected chi connectivity index (χ4v) is 3.09. The molecule has 0 aliphatic heterocycles. The fraction of sp³-hybridized carbons (Fsp3) is 0.368. The van der Waals surface area contributed by atoms with E-state index in [1.165, 1.54) is 12.0 Å². The van der Waals surface area contributed by atoms with E-state index in [0.29, 0.717) is 21.8 Å². The number of methoxy groups -OCH3 is 1. The van der Waals surface area contributed by atoms with E-state index in [-0.39, 0.29) is 0 Å². The quantitative estimate of drug-likeness (QED) is 0.536. The van der Waals surface area contributed by atoms with Gasteiger partial charge in [-0.2, -0.15) is 13.2 Å². The molecule has 0 aliphatic carbocycles. The summed E-state index contributed by atoms with van der Waals surface area (Å²) in [6, 6.07) is 12.8. The van der Waals surface area contributed by atoms with Crippen molar-refractivity contribution in [2.45, 2.75) is 31.8 Å². The molecule has 0 aromatic heterocycles. The number of hydrogen-bond donors (Lipinski definition) is 1. The molecule has 26 heavy (non-hydrogen) atoms. The normalized spacial score (nSPS) is 15.7. The van der Waals surface area contributed by atoms with Gasteiger partial charge >= 0.3 is 6.18 Å². The lowest BCUT2D eigenvalue weighted by Gasteiger charge is -2.44. The van der Waals surface area contributed by atoms with E-state index >= 15 is 0 Å². The van der Waals surface area contributed by atoms with Crippen molar-refractivity contribution in [3.63, 3.8) is 0 Å². The van der Waals surface area contributed by atoms with Gasteiger partial charge in [-0.1, -0.05) is 35.9 Å². The molecule has 2 N–H and O–H groups in total. The summed E-state index contributed by atoms with van der Waals surface area (Å²) in [5.41, 5.74) is 6.22. The second-order valence-corrected chi connectivity index (χ2v) is 6.72. The first kappa shape index (κ1) is 20.6. The minimum atomic E-state index is -4.39. The Bertz CT molecular complexity index is 719. The summed E-state index contributed by atoms with van der Waals surface area (Å²) in [7, 11) is 1.40. The Morgan fingerprint density at radius 1 is 1.08 bits per heavy atom. The molecule has 0 bridgehead atoms. The van der Waals surface area contributed by atoms with Crippen molar-refractivity contribution in [1.29, 1.82) is 0 Å². The van der Waals surface area contributed by atoms with Gasteiger partial charge < -0.3 is 10.5 Å². The molecular weight excluding hydrogens is 365 g/mol. The summed E-state index contributed by atoms with van der Waals surface area (Å²) >= 11 is 5.90. The highest BCUT2D eigenvalue weighted by Crippen LogP contribution is 2.39. The van der Waals surface area contributed by atoms with Crippen LogP contribution in [0.2, 0.25) is 5.02 Å². The molecule has 0 heterocycles. The van der Waals surface area contributed by atoms with E-state index in [9.17, 15) is 13.2 Å². The number of nitrogens with two attached hydrogens (primary N) is 1. The topological polar surface area (TPSA) is 38.5 Å². The Kier molecular flexibility index (Phi) is 6.21. The second-order valence-electron chi connectivity index (χ2n) is 6.28. The molecule has 7 heteroatoms. The first-order chi connectivity index (χ1) is 12.1. The van der Waals surface area contributed by atoms with E-state index in [1.807, 2.05) is 0 Å². The number of anilines is 1. The van der Waals surface area contributed by atoms with Crippen molar-refractivity contribution in [1.82, 2.24) is 4.90 Å². The summed E-state index contributed by atoms with van der Waals surface area (Å²) in [5.74, 6) is 0. The van der Waals surface area contributed by atoms with Crippen molar-refractivity contribution < 1.29 is 17.9 Å². The molecule has 2 rings (SSSR count). The molecule has 2 atom stereocenters. The lowest BCUT2D eigenvalue weighted by atomic mass is 9.97. The lowest BCUT2D eigenvalue weighted by Crippen LogP contribution is -2.50. The Hall–Kier alpha value is -1.76. The zero-order valence-corrected chi connectivity index (χ0v) is 15.6. The van der Waals surface area contributed by atoms with Crippen LogP contribution in [0.15, 0.2) is 48.5 Å². The molecule has 0 spiro atoms. The van der Waals surface area contributed by atoms with Crippen molar-refractivity contribution in [2.75, 3.05) is 19.4 Å². The molecule has 2 aromatic carbocycles. The number of nitrogen functional groups attached to an aromatic ring is 1. The van der Waals surface area contributed by atoms with Crippen LogP contribution in [-0.4, -0.2) is 24.7 Å². The van der Waals surface area contributed by atoms with Crippen LogP contribution in [0.25, 0.3) is 0 Å². The Labute approximate surface area is 156 Å². The van der Waals surface area contributed by atoms with Crippen LogP contribution >= 0.6 is 11.6 Å². The van der Waals surface area contributed by atoms with Crippen LogP contribution < -0.4 is 5.73 Å². The number of nitrogens with zero attached hydrogens (tertiary/aromatic N) is 1. The van der Waals surface area contributed by atoms with Crippen molar-refractivity contribution in [3.8, 4) is 0 Å². The maximum absolute atomic E-state index is 13.4. The lowest BCUT2D eigenvalue weighted by molar-refractivity contribution is -0.215. The minimum Gasteiger partial charge on any atom is -0.399 e. The molecule has 142 valence electrons. The first-order valence-electron chi connectivity index (χ1n) is 8.07. The first-order valence-corrected chi connectivity index (χ1v) is 8.45. The highest BCUT2D eigenvalue weighted by Gasteiger charge is 2.43. The summed E-state index contributed by atoms with van der Waals surface area (Å²) in [6.07, 6.45) is -4.39. The number of rotatable bonds is 6. The van der Waals surface area contributed by atoms with E-state index < -0.39 is 24.5 Å². The van der Waals surface area contributed by atoms with Crippen LogP contribution in [0.5, 0.6) is 0 Å². The number of halogens is 4. The molecule has 0 amide bonds. The van der Waals surface area contributed by atoms with E-state index in [2.05, 4.69) is 0 Å². The zero-order chi connectivity index (χ0) is 19.5. The van der Waals surface area contributed by atoms with Crippen LogP contribution in [0.1, 0.15) is 31.0 Å². The summed E-state index contributed by atoms with van der Waals surface area (Å²) in [6.45, 7) is 2.20. The molecule has 0 fully saturated rings. The summed E-state index contributed by atoms with van der Waals surface area (Å²) in [4.78, 5) is 1.28. The van der Waals surface area contributed by atoms with Gasteiger partial charge in [0.2, 0.25) is 0 Å². The number of benzene rings is 2. The second kappa shape index (κ2) is 7.86. The maximum Gasteiger partial charge on any atom is 0.401 e. The standard InChI is InChI=1S/C19H22ClF3N2O/c1-13(14-4-8-16(20)9-5-14)25(12-19(21,22)23)18(2,26-3)15-6-10-17(24)11-7-15/h4-11,13H,12,24H2,1-3H3/t13-,18?/m1/s1. The Morgan fingerprint density at radius 2 is 1.62 bits per heavy atom. The number of alkyl halides is 3. The number of hydrogen-bond acceptors (Lipinski definition) is 3. The Morgan fingerprint density at radius 3 is 2.08 bits per heavy atom. The molecule has 3 nitrogen and oxygen atoms in total. The van der Waals surface area contributed by atoms with Gasteiger partial charge in [0.15, 0.2) is 0 Å². The van der Waals surface area contributed by atoms with Crippen molar-refractivity contribution >= 4 is 17.3 Å². The number of ether oxygens (including phenoxy) is 1. The van der Waals surface area contributed by atoms with E-state index in [0.717, 1.165) is 0 Å². The largest absolute Gasteiger partial charge is 0.401 e. The predicted molar refractivity (Wildman–Crippen MR) is 97.8 cm³/mol. The highest BCUT2D eigenvalue weighted by atomic mass is 35.5. The van der Waals surface area contributed by atoms with Gasteiger partial charge in [0.1, 0.15) is 5.72 Å². The Balaban J connectivity index is 2.50. The van der Waals surface area contributed by atoms with Crippen molar-refractivity contribution in [2.24, 2.45) is 0 Å². The van der Waals surface area contributed by atoms with Gasteiger partial charge in [-0.3, -0.25) is 4.90 Å². The maximum atomic E-state index is 13.4. The summed E-state index contributed by atoms with van der Waals surface area (Å²) < 4.78 is 45.7. The van der Waals surface area contributed by atoms with Gasteiger partial charge in [0.25, 0.3) is 0 Å². The highest BCUT2D eigenvalue weighted by molar-refractivity contribution is 6.30. The van der Waals surface area contributed by atoms with Crippen LogP contribution in [0.3, 0.4) is 0 Å². The molecule has 0 saturated heterocycles. The monoisotopic (exact) mass is 386 g/mol. The van der Waals surface area contributed by atoms with Gasteiger partial charge in [-0.25, -0.2) is 0 Å². The smallest absolute Gasteiger partial charge is 0.399 e. The SMILES string of the molecule is COC(C)(c1ccc(N)cc1)N(CC(F)(F)F)[C@H](C)c1ccc(Cl)cc1. The predicted octanol–water partition coefficient (Wildman–Crippen LogP) is 5.37. The third-order valence-electron chi connectivity index (χ3n) is 4.56. The van der Waals surface area contributed by atoms with Crippen LogP contribution in [0, 0.1) is 0 Å². The van der Waals surface area contributed by atoms with E-state index in [4.69, 9.17) is 22.1 Å². The molecule has 2 aromatic rings. The third kappa shape index (κ3) is 4.69. The van der Waals surface area contributed by atoms with Gasteiger partial charge in [-0.15, -0.1) is 0 Å². The van der Waals surface area contributed by atoms with E-state index in [1.54, 1.807) is 62.4 Å². The van der Waals surface area contributed by atoms with Gasteiger partial charge in [0.05, 0.1) is 6.54 Å². The molecule has 0 radical (unpaired) electrons. The molecular formula is C19H22ClF3N2O. The van der Waals surface area contributed by atoms with Crippen LogP contribution in [-0.2, 0) is 10.5 Å². The zero-order valence-electron chi connectivity index (χ0n) is 14.8. The molecule has 1 unspecified atom stereocenters. The van der Waals surface area contributed by atoms with Crippen LogP contribution in [0.4, 0.5) is 18.9 Å². The minimum absolute atomic E-state index is 0.524. The summed E-state index contributed by atoms with van der Waals surface area (Å²) in [5, 5.41) is 0.524. The average Bonchev–Trinajstić information content (AvgIpc) is 2.59. The average molecular weight is 387 g/mol. The van der Waals surface area contributed by atoms with Gasteiger partial charge in [-0.05, 0) is 49.2 Å².